The molecule has 0 saturated carbocycles. The molecule has 58 valence electrons. The van der Waals surface area contributed by atoms with Crippen LogP contribution in [0.2, 0.25) is 0 Å². The summed E-state index contributed by atoms with van der Waals surface area (Å²) in [7, 11) is 0. The van der Waals surface area contributed by atoms with Gasteiger partial charge in [-0.05, 0) is 12.8 Å². The van der Waals surface area contributed by atoms with Gasteiger partial charge in [-0.1, -0.05) is 0 Å². The standard InChI is InChI=1S/C6H11NO3/c7-5(6(8)9)4-2-1-3-10-4/h4-5H,1-3,7H2,(H,8,9)/t4?,5-/m1/s1. The second kappa shape index (κ2) is 2.98. The van der Waals surface area contributed by atoms with E-state index >= 15 is 0 Å². The third-order valence-corrected chi connectivity index (χ3v) is 1.65. The second-order valence-corrected chi connectivity index (χ2v) is 2.42. The van der Waals surface area contributed by atoms with Gasteiger partial charge in [0.1, 0.15) is 6.04 Å². The third kappa shape index (κ3) is 1.46. The zero-order valence-electron chi connectivity index (χ0n) is 5.62. The van der Waals surface area contributed by atoms with Crippen molar-refractivity contribution >= 4 is 5.97 Å². The van der Waals surface area contributed by atoms with Gasteiger partial charge in [0.05, 0.1) is 6.10 Å². The van der Waals surface area contributed by atoms with E-state index in [9.17, 15) is 4.79 Å². The van der Waals surface area contributed by atoms with E-state index in [2.05, 4.69) is 0 Å². The number of carboxylic acid groups (broad SMARTS) is 1. The molecule has 0 spiro atoms. The van der Waals surface area contributed by atoms with Gasteiger partial charge < -0.3 is 15.6 Å². The van der Waals surface area contributed by atoms with E-state index < -0.39 is 12.0 Å². The Labute approximate surface area is 59.0 Å². The van der Waals surface area contributed by atoms with Crippen molar-refractivity contribution in [3.63, 3.8) is 0 Å². The smallest absolute Gasteiger partial charge is 0.323 e. The SMILES string of the molecule is N[C@@H](C(=O)O)C1CCCO1. The van der Waals surface area contributed by atoms with Crippen LogP contribution in [-0.4, -0.2) is 29.8 Å². The summed E-state index contributed by atoms with van der Waals surface area (Å²) < 4.78 is 5.07. The number of carbonyl (C=O) groups is 1. The number of carboxylic acids is 1. The summed E-state index contributed by atoms with van der Waals surface area (Å²) in [5.74, 6) is -0.980. The summed E-state index contributed by atoms with van der Waals surface area (Å²) in [6.45, 7) is 0.644. The van der Waals surface area contributed by atoms with E-state index in [1.165, 1.54) is 0 Å². The first-order chi connectivity index (χ1) is 4.72. The normalized spacial score (nSPS) is 28.3. The maximum atomic E-state index is 10.3. The number of rotatable bonds is 2. The van der Waals surface area contributed by atoms with Crippen LogP contribution in [0.3, 0.4) is 0 Å². The van der Waals surface area contributed by atoms with Crippen molar-refractivity contribution < 1.29 is 14.6 Å². The number of aliphatic carboxylic acids is 1. The van der Waals surface area contributed by atoms with Crippen LogP contribution < -0.4 is 5.73 Å². The van der Waals surface area contributed by atoms with Crippen molar-refractivity contribution in [1.29, 1.82) is 0 Å². The summed E-state index contributed by atoms with van der Waals surface area (Å²) in [4.78, 5) is 10.3. The van der Waals surface area contributed by atoms with Crippen LogP contribution in [0.1, 0.15) is 12.8 Å². The molecule has 0 bridgehead atoms. The van der Waals surface area contributed by atoms with Crippen molar-refractivity contribution in [2.45, 2.75) is 25.0 Å². The van der Waals surface area contributed by atoms with Gasteiger partial charge in [-0.3, -0.25) is 4.79 Å². The lowest BCUT2D eigenvalue weighted by Crippen LogP contribution is -2.41. The van der Waals surface area contributed by atoms with E-state index in [0.717, 1.165) is 12.8 Å². The van der Waals surface area contributed by atoms with Crippen molar-refractivity contribution in [1.82, 2.24) is 0 Å². The van der Waals surface area contributed by atoms with Gasteiger partial charge in [0.25, 0.3) is 0 Å². The third-order valence-electron chi connectivity index (χ3n) is 1.65. The minimum Gasteiger partial charge on any atom is -0.480 e. The number of nitrogens with two attached hydrogens (primary N) is 1. The molecule has 4 nitrogen and oxygen atoms in total. The topological polar surface area (TPSA) is 72.6 Å². The highest BCUT2D eigenvalue weighted by molar-refractivity contribution is 5.73. The fourth-order valence-corrected chi connectivity index (χ4v) is 1.04. The van der Waals surface area contributed by atoms with Crippen molar-refractivity contribution in [2.24, 2.45) is 5.73 Å². The summed E-state index contributed by atoms with van der Waals surface area (Å²) in [5, 5.41) is 8.44. The van der Waals surface area contributed by atoms with Crippen LogP contribution in [0.15, 0.2) is 0 Å². The molecule has 10 heavy (non-hydrogen) atoms. The Balaban J connectivity index is 2.39. The van der Waals surface area contributed by atoms with Gasteiger partial charge in [0, 0.05) is 6.61 Å². The molecule has 0 aromatic carbocycles. The van der Waals surface area contributed by atoms with Crippen LogP contribution in [-0.2, 0) is 9.53 Å². The van der Waals surface area contributed by atoms with Gasteiger partial charge in [0.15, 0.2) is 0 Å². The van der Waals surface area contributed by atoms with Gasteiger partial charge >= 0.3 is 5.97 Å². The van der Waals surface area contributed by atoms with E-state index in [4.69, 9.17) is 15.6 Å². The van der Waals surface area contributed by atoms with Gasteiger partial charge in [-0.15, -0.1) is 0 Å². The van der Waals surface area contributed by atoms with Gasteiger partial charge in [0.2, 0.25) is 0 Å². The van der Waals surface area contributed by atoms with Crippen LogP contribution in [0, 0.1) is 0 Å². The predicted octanol–water partition coefficient (Wildman–Crippen LogP) is -0.423. The van der Waals surface area contributed by atoms with E-state index in [1.807, 2.05) is 0 Å². The molecule has 0 amide bonds. The van der Waals surface area contributed by atoms with E-state index in [-0.39, 0.29) is 6.10 Å². The molecule has 1 fully saturated rings. The highest BCUT2D eigenvalue weighted by Gasteiger charge is 2.27. The molecule has 1 unspecified atom stereocenters. The van der Waals surface area contributed by atoms with Crippen molar-refractivity contribution in [3.8, 4) is 0 Å². The first kappa shape index (κ1) is 7.50. The molecule has 2 atom stereocenters. The zero-order chi connectivity index (χ0) is 7.56. The largest absolute Gasteiger partial charge is 0.480 e. The van der Waals surface area contributed by atoms with Crippen molar-refractivity contribution in [2.75, 3.05) is 6.61 Å². The molecule has 4 heteroatoms. The first-order valence-electron chi connectivity index (χ1n) is 3.32. The number of ether oxygens (including phenoxy) is 1. The minimum absolute atomic E-state index is 0.266. The number of hydrogen-bond donors (Lipinski definition) is 2. The molecular weight excluding hydrogens is 134 g/mol. The van der Waals surface area contributed by atoms with E-state index in [0.29, 0.717) is 6.61 Å². The molecule has 0 aliphatic carbocycles. The Morgan fingerprint density at radius 2 is 2.50 bits per heavy atom. The molecule has 0 aromatic rings. The lowest BCUT2D eigenvalue weighted by molar-refractivity contribution is -0.141. The lowest BCUT2D eigenvalue weighted by Gasteiger charge is -2.12. The Morgan fingerprint density at radius 1 is 1.80 bits per heavy atom. The molecule has 3 N–H and O–H groups in total. The Hall–Kier alpha value is -0.610. The van der Waals surface area contributed by atoms with Crippen LogP contribution >= 0.6 is 0 Å². The fourth-order valence-electron chi connectivity index (χ4n) is 1.04. The summed E-state index contributed by atoms with van der Waals surface area (Å²) in [6, 6.07) is -0.845. The molecule has 1 aliphatic rings. The molecule has 1 aliphatic heterocycles. The van der Waals surface area contributed by atoms with Crippen LogP contribution in [0.4, 0.5) is 0 Å². The summed E-state index contributed by atoms with van der Waals surface area (Å²) in [6.07, 6.45) is 1.43. The maximum Gasteiger partial charge on any atom is 0.323 e. The summed E-state index contributed by atoms with van der Waals surface area (Å²) >= 11 is 0. The highest BCUT2D eigenvalue weighted by Crippen LogP contribution is 2.14. The lowest BCUT2D eigenvalue weighted by atomic mass is 10.1. The van der Waals surface area contributed by atoms with Gasteiger partial charge in [-0.25, -0.2) is 0 Å². The second-order valence-electron chi connectivity index (χ2n) is 2.42. The molecule has 1 rings (SSSR count). The molecule has 1 heterocycles. The number of hydrogen-bond acceptors (Lipinski definition) is 3. The first-order valence-corrected chi connectivity index (χ1v) is 3.32. The molecular formula is C6H11NO3. The Bertz CT molecular complexity index is 131. The highest BCUT2D eigenvalue weighted by atomic mass is 16.5. The average Bonchev–Trinajstić information content (AvgIpc) is 2.36. The predicted molar refractivity (Wildman–Crippen MR) is 34.6 cm³/mol. The Kier molecular flexibility index (Phi) is 2.24. The average molecular weight is 145 g/mol. The molecule has 1 saturated heterocycles. The Morgan fingerprint density at radius 3 is 2.90 bits per heavy atom. The van der Waals surface area contributed by atoms with Gasteiger partial charge in [-0.2, -0.15) is 0 Å². The van der Waals surface area contributed by atoms with Crippen LogP contribution in [0.25, 0.3) is 0 Å². The quantitative estimate of drug-likeness (QED) is 0.553. The summed E-state index contributed by atoms with van der Waals surface area (Å²) in [5.41, 5.74) is 5.30. The van der Waals surface area contributed by atoms with E-state index in [1.54, 1.807) is 0 Å². The monoisotopic (exact) mass is 145 g/mol. The zero-order valence-corrected chi connectivity index (χ0v) is 5.62. The van der Waals surface area contributed by atoms with Crippen molar-refractivity contribution in [3.05, 3.63) is 0 Å². The van der Waals surface area contributed by atoms with Crippen LogP contribution in [0.5, 0.6) is 0 Å². The maximum absolute atomic E-state index is 10.3. The minimum atomic E-state index is -0.980. The fraction of sp³-hybridized carbons (Fsp3) is 0.833. The molecule has 0 radical (unpaired) electrons. The molecule has 0 aromatic heterocycles.